The monoisotopic (exact) mass is 421 g/mol. The fourth-order valence-electron chi connectivity index (χ4n) is 2.89. The van der Waals surface area contributed by atoms with Gasteiger partial charge in [-0.3, -0.25) is 9.79 Å². The number of benzene rings is 2. The number of halogens is 3. The molecule has 0 radical (unpaired) electrons. The Labute approximate surface area is 170 Å². The number of carbonyl (C=O) groups is 1. The van der Waals surface area contributed by atoms with Crippen molar-refractivity contribution in [2.45, 2.75) is 24.4 Å². The van der Waals surface area contributed by atoms with Crippen molar-refractivity contribution < 1.29 is 22.8 Å². The molecule has 0 saturated carbocycles. The predicted octanol–water partition coefficient (Wildman–Crippen LogP) is 4.74. The van der Waals surface area contributed by atoms with Crippen molar-refractivity contribution in [2.24, 2.45) is 10.1 Å². The molecule has 2 aromatic carbocycles. The average molecular weight is 421 g/mol. The van der Waals surface area contributed by atoms with Crippen LogP contribution in [0.1, 0.15) is 12.5 Å². The van der Waals surface area contributed by atoms with Gasteiger partial charge in [-0.1, -0.05) is 59.4 Å². The van der Waals surface area contributed by atoms with Crippen molar-refractivity contribution in [3.8, 4) is 11.1 Å². The number of rotatable bonds is 5. The lowest BCUT2D eigenvalue weighted by Gasteiger charge is -2.20. The van der Waals surface area contributed by atoms with Crippen LogP contribution in [0.4, 0.5) is 18.9 Å². The Morgan fingerprint density at radius 1 is 1.21 bits per heavy atom. The number of nitrogens with one attached hydrogen (secondary N) is 1. The van der Waals surface area contributed by atoms with Gasteiger partial charge in [0.2, 0.25) is 5.91 Å². The molecule has 3 rings (SSSR count). The first-order valence-corrected chi connectivity index (χ1v) is 9.52. The number of amides is 1. The van der Waals surface area contributed by atoms with E-state index in [1.54, 1.807) is 30.5 Å². The zero-order valence-electron chi connectivity index (χ0n) is 15.6. The van der Waals surface area contributed by atoms with Crippen LogP contribution >= 0.6 is 11.8 Å². The highest BCUT2D eigenvalue weighted by atomic mass is 32.2. The van der Waals surface area contributed by atoms with Gasteiger partial charge in [0.15, 0.2) is 6.04 Å². The standard InChI is InChI=1S/C20H18F3N3O2S/c1-12-25-18(20(21,22)23)17(29-12)19(27)26-16-6-4-3-5-15(16)14-9-7-13(8-10-14)11-24-28-2/h3-11,17-18H,1-2H3,(H,26,27)/b24-11-. The molecule has 1 N–H and O–H groups in total. The van der Waals surface area contributed by atoms with Gasteiger partial charge in [0.05, 0.1) is 11.3 Å². The van der Waals surface area contributed by atoms with Gasteiger partial charge in [-0.25, -0.2) is 0 Å². The smallest absolute Gasteiger partial charge is 0.399 e. The summed E-state index contributed by atoms with van der Waals surface area (Å²) in [6.07, 6.45) is -3.03. The molecule has 29 heavy (non-hydrogen) atoms. The summed E-state index contributed by atoms with van der Waals surface area (Å²) in [6, 6.07) is 12.2. The number of carbonyl (C=O) groups excluding carboxylic acids is 1. The summed E-state index contributed by atoms with van der Waals surface area (Å²) in [6.45, 7) is 1.47. The Balaban J connectivity index is 1.82. The molecule has 2 unspecified atom stereocenters. The summed E-state index contributed by atoms with van der Waals surface area (Å²) in [5.74, 6) is -0.728. The first kappa shape index (κ1) is 20.9. The van der Waals surface area contributed by atoms with E-state index in [1.807, 2.05) is 24.3 Å². The molecule has 1 amide bonds. The lowest BCUT2D eigenvalue weighted by molar-refractivity contribution is -0.150. The van der Waals surface area contributed by atoms with Crippen molar-refractivity contribution in [3.05, 3.63) is 54.1 Å². The van der Waals surface area contributed by atoms with Crippen LogP contribution in [0.2, 0.25) is 0 Å². The van der Waals surface area contributed by atoms with Gasteiger partial charge in [0.25, 0.3) is 0 Å². The minimum absolute atomic E-state index is 0.245. The second-order valence-electron chi connectivity index (χ2n) is 6.25. The number of nitrogens with zero attached hydrogens (tertiary/aromatic N) is 2. The first-order chi connectivity index (χ1) is 13.8. The Morgan fingerprint density at radius 2 is 1.90 bits per heavy atom. The molecule has 0 saturated heterocycles. The van der Waals surface area contributed by atoms with Gasteiger partial charge in [-0.05, 0) is 24.1 Å². The average Bonchev–Trinajstić information content (AvgIpc) is 3.10. The van der Waals surface area contributed by atoms with Crippen molar-refractivity contribution in [1.29, 1.82) is 0 Å². The van der Waals surface area contributed by atoms with Crippen LogP contribution in [0.5, 0.6) is 0 Å². The van der Waals surface area contributed by atoms with Crippen LogP contribution in [0, 0.1) is 0 Å². The second-order valence-corrected chi connectivity index (χ2v) is 7.58. The lowest BCUT2D eigenvalue weighted by atomic mass is 10.0. The highest BCUT2D eigenvalue weighted by Crippen LogP contribution is 2.38. The highest BCUT2D eigenvalue weighted by Gasteiger charge is 2.51. The maximum atomic E-state index is 13.2. The number of hydrogen-bond acceptors (Lipinski definition) is 5. The fourth-order valence-corrected chi connectivity index (χ4v) is 3.95. The number of anilines is 1. The Morgan fingerprint density at radius 3 is 2.55 bits per heavy atom. The molecular weight excluding hydrogens is 403 g/mol. The van der Waals surface area contributed by atoms with Crippen molar-refractivity contribution in [2.75, 3.05) is 12.4 Å². The molecule has 2 aromatic rings. The number of para-hydroxylation sites is 1. The summed E-state index contributed by atoms with van der Waals surface area (Å²) in [4.78, 5) is 20.9. The van der Waals surface area contributed by atoms with E-state index in [2.05, 4.69) is 20.3 Å². The van der Waals surface area contributed by atoms with Crippen LogP contribution in [0.3, 0.4) is 0 Å². The molecule has 1 heterocycles. The van der Waals surface area contributed by atoms with Crippen molar-refractivity contribution in [1.82, 2.24) is 0 Å². The third-order valence-corrected chi connectivity index (χ3v) is 5.39. The van der Waals surface area contributed by atoms with Crippen molar-refractivity contribution >= 4 is 34.6 Å². The number of thioether (sulfide) groups is 1. The van der Waals surface area contributed by atoms with Gasteiger partial charge in [-0.15, -0.1) is 0 Å². The molecule has 5 nitrogen and oxygen atoms in total. The number of hydrogen-bond donors (Lipinski definition) is 1. The Hall–Kier alpha value is -2.81. The molecule has 0 bridgehead atoms. The second kappa shape index (κ2) is 8.69. The summed E-state index contributed by atoms with van der Waals surface area (Å²) in [5.41, 5.74) is 2.75. The quantitative estimate of drug-likeness (QED) is 0.560. The molecule has 152 valence electrons. The number of oxime groups is 1. The summed E-state index contributed by atoms with van der Waals surface area (Å²) in [5, 5.41) is 5.23. The normalized spacial score (nSPS) is 19.3. The maximum Gasteiger partial charge on any atom is 0.412 e. The van der Waals surface area contributed by atoms with E-state index in [0.29, 0.717) is 11.3 Å². The third-order valence-electron chi connectivity index (χ3n) is 4.21. The first-order valence-electron chi connectivity index (χ1n) is 8.64. The van der Waals surface area contributed by atoms with E-state index in [9.17, 15) is 18.0 Å². The minimum Gasteiger partial charge on any atom is -0.399 e. The van der Waals surface area contributed by atoms with Crippen LogP contribution in [-0.2, 0) is 9.63 Å². The minimum atomic E-state index is -4.58. The number of aliphatic imine (C=N–C) groups is 1. The zero-order chi connectivity index (χ0) is 21.0. The van der Waals surface area contributed by atoms with Crippen LogP contribution in [0.25, 0.3) is 11.1 Å². The van der Waals surface area contributed by atoms with Crippen LogP contribution in [0.15, 0.2) is 58.7 Å². The summed E-state index contributed by atoms with van der Waals surface area (Å²) >= 11 is 0.831. The Bertz CT molecular complexity index is 943. The fraction of sp³-hybridized carbons (Fsp3) is 0.250. The molecule has 1 aliphatic rings. The maximum absolute atomic E-state index is 13.2. The number of alkyl halides is 3. The third kappa shape index (κ3) is 4.97. The van der Waals surface area contributed by atoms with E-state index in [0.717, 1.165) is 22.9 Å². The van der Waals surface area contributed by atoms with E-state index in [-0.39, 0.29) is 5.04 Å². The topological polar surface area (TPSA) is 63.0 Å². The summed E-state index contributed by atoms with van der Waals surface area (Å²) < 4.78 is 39.7. The van der Waals surface area contributed by atoms with Gasteiger partial charge < -0.3 is 10.2 Å². The van der Waals surface area contributed by atoms with Gasteiger partial charge in [0.1, 0.15) is 12.4 Å². The van der Waals surface area contributed by atoms with E-state index in [4.69, 9.17) is 0 Å². The van der Waals surface area contributed by atoms with Crippen molar-refractivity contribution in [3.63, 3.8) is 0 Å². The summed E-state index contributed by atoms with van der Waals surface area (Å²) in [7, 11) is 1.45. The van der Waals surface area contributed by atoms with E-state index >= 15 is 0 Å². The van der Waals surface area contributed by atoms with Gasteiger partial charge >= 0.3 is 6.18 Å². The molecule has 9 heteroatoms. The van der Waals surface area contributed by atoms with Crippen LogP contribution in [-0.4, -0.2) is 41.7 Å². The van der Waals surface area contributed by atoms with E-state index < -0.39 is 23.4 Å². The molecule has 1 aliphatic heterocycles. The highest BCUT2D eigenvalue weighted by molar-refractivity contribution is 8.15. The molecule has 0 aromatic heterocycles. The Kier molecular flexibility index (Phi) is 6.26. The van der Waals surface area contributed by atoms with Gasteiger partial charge in [-0.2, -0.15) is 13.2 Å². The predicted molar refractivity (Wildman–Crippen MR) is 109 cm³/mol. The molecule has 2 atom stereocenters. The zero-order valence-corrected chi connectivity index (χ0v) is 16.4. The molecule has 0 spiro atoms. The molecule has 0 fully saturated rings. The van der Waals surface area contributed by atoms with E-state index in [1.165, 1.54) is 14.0 Å². The van der Waals surface area contributed by atoms with Gasteiger partial charge in [0, 0.05) is 11.3 Å². The molecule has 0 aliphatic carbocycles. The lowest BCUT2D eigenvalue weighted by Crippen LogP contribution is -2.41. The largest absolute Gasteiger partial charge is 0.412 e. The molecular formula is C20H18F3N3O2S. The van der Waals surface area contributed by atoms with Crippen LogP contribution < -0.4 is 5.32 Å². The SMILES string of the molecule is CO/N=C\c1ccc(-c2ccccc2NC(=O)C2SC(C)=NC2C(F)(F)F)cc1.